The van der Waals surface area contributed by atoms with Crippen LogP contribution in [0, 0.1) is 11.3 Å². The fourth-order valence-corrected chi connectivity index (χ4v) is 1.40. The van der Waals surface area contributed by atoms with E-state index in [1.54, 1.807) is 24.3 Å². The Bertz CT molecular complexity index is 441. The van der Waals surface area contributed by atoms with Gasteiger partial charge in [0.15, 0.2) is 0 Å². The maximum atomic E-state index is 9.82. The molecule has 104 valence electrons. The number of nitrogens with two attached hydrogens (primary N) is 1. The Balaban J connectivity index is 2.42. The highest BCUT2D eigenvalue weighted by atomic mass is 16.5. The minimum absolute atomic E-state index is 0.131. The van der Waals surface area contributed by atoms with Crippen LogP contribution in [0.4, 0.5) is 0 Å². The Labute approximate surface area is 114 Å². The first-order valence-corrected chi connectivity index (χ1v) is 6.23. The molecule has 0 aromatic heterocycles. The van der Waals surface area contributed by atoms with Crippen LogP contribution in [-0.2, 0) is 0 Å². The zero-order chi connectivity index (χ0) is 14.3. The van der Waals surface area contributed by atoms with Gasteiger partial charge in [0.05, 0.1) is 5.56 Å². The molecule has 1 unspecified atom stereocenters. The van der Waals surface area contributed by atoms with Crippen molar-refractivity contribution in [2.75, 3.05) is 19.7 Å². The van der Waals surface area contributed by atoms with Gasteiger partial charge in [-0.2, -0.15) is 5.26 Å². The van der Waals surface area contributed by atoms with Gasteiger partial charge in [0, 0.05) is 18.6 Å². The number of para-hydroxylation sites is 1. The van der Waals surface area contributed by atoms with E-state index in [-0.39, 0.29) is 12.1 Å². The van der Waals surface area contributed by atoms with Crippen LogP contribution >= 0.6 is 0 Å². The van der Waals surface area contributed by atoms with E-state index in [0.29, 0.717) is 24.4 Å². The molecule has 0 amide bonds. The van der Waals surface area contributed by atoms with Gasteiger partial charge in [-0.05, 0) is 26.0 Å². The van der Waals surface area contributed by atoms with Crippen LogP contribution < -0.4 is 15.8 Å². The summed E-state index contributed by atoms with van der Waals surface area (Å²) < 4.78 is 5.44. The van der Waals surface area contributed by atoms with Crippen molar-refractivity contribution in [3.05, 3.63) is 29.8 Å². The molecule has 1 aromatic carbocycles. The normalized spacial score (nSPS) is 12.8. The number of hydrogen-bond acceptors (Lipinski definition) is 5. The highest BCUT2D eigenvalue weighted by Crippen LogP contribution is 2.16. The minimum atomic E-state index is -0.655. The van der Waals surface area contributed by atoms with Crippen LogP contribution in [0.15, 0.2) is 24.3 Å². The van der Waals surface area contributed by atoms with Gasteiger partial charge >= 0.3 is 0 Å². The summed E-state index contributed by atoms with van der Waals surface area (Å²) in [4.78, 5) is 0. The molecule has 1 rings (SSSR count). The van der Waals surface area contributed by atoms with E-state index in [9.17, 15) is 5.11 Å². The van der Waals surface area contributed by atoms with E-state index in [1.165, 1.54) is 0 Å². The molecular formula is C14H21N3O2. The zero-order valence-electron chi connectivity index (χ0n) is 11.4. The quantitative estimate of drug-likeness (QED) is 0.671. The third-order valence-corrected chi connectivity index (χ3v) is 2.77. The predicted molar refractivity (Wildman–Crippen MR) is 73.8 cm³/mol. The second kappa shape index (κ2) is 7.10. The predicted octanol–water partition coefficient (Wildman–Crippen LogP) is 0.625. The molecule has 0 aliphatic carbocycles. The average Bonchev–Trinajstić information content (AvgIpc) is 2.43. The van der Waals surface area contributed by atoms with Crippen LogP contribution in [0.5, 0.6) is 5.75 Å². The van der Waals surface area contributed by atoms with Crippen LogP contribution in [0.2, 0.25) is 0 Å². The molecule has 0 aliphatic rings. The van der Waals surface area contributed by atoms with Crippen LogP contribution in [0.3, 0.4) is 0 Å². The average molecular weight is 263 g/mol. The molecule has 5 heteroatoms. The van der Waals surface area contributed by atoms with Crippen molar-refractivity contribution >= 4 is 0 Å². The summed E-state index contributed by atoms with van der Waals surface area (Å²) in [5, 5.41) is 21.9. The highest BCUT2D eigenvalue weighted by molar-refractivity contribution is 5.42. The number of aliphatic hydroxyl groups excluding tert-OH is 1. The maximum Gasteiger partial charge on any atom is 0.137 e. The van der Waals surface area contributed by atoms with E-state index in [0.717, 1.165) is 0 Å². The molecule has 0 spiro atoms. The molecule has 5 nitrogen and oxygen atoms in total. The lowest BCUT2D eigenvalue weighted by atomic mass is 10.1. The Morgan fingerprint density at radius 1 is 1.47 bits per heavy atom. The number of ether oxygens (including phenoxy) is 1. The van der Waals surface area contributed by atoms with E-state index < -0.39 is 6.10 Å². The van der Waals surface area contributed by atoms with Crippen molar-refractivity contribution in [2.45, 2.75) is 25.5 Å². The van der Waals surface area contributed by atoms with Gasteiger partial charge in [0.2, 0.25) is 0 Å². The molecule has 4 N–H and O–H groups in total. The summed E-state index contributed by atoms with van der Waals surface area (Å²) >= 11 is 0. The van der Waals surface area contributed by atoms with E-state index in [4.69, 9.17) is 15.7 Å². The minimum Gasteiger partial charge on any atom is -0.489 e. The van der Waals surface area contributed by atoms with Gasteiger partial charge in [0.25, 0.3) is 0 Å². The number of aliphatic hydroxyl groups is 1. The molecule has 0 aliphatic heterocycles. The van der Waals surface area contributed by atoms with Gasteiger partial charge in [-0.25, -0.2) is 0 Å². The summed E-state index contributed by atoms with van der Waals surface area (Å²) in [6.45, 7) is 4.93. The fraction of sp³-hybridized carbons (Fsp3) is 0.500. The van der Waals surface area contributed by atoms with Gasteiger partial charge < -0.3 is 20.9 Å². The van der Waals surface area contributed by atoms with E-state index in [2.05, 4.69) is 5.32 Å². The molecule has 0 saturated heterocycles. The van der Waals surface area contributed by atoms with E-state index >= 15 is 0 Å². The standard InChI is InChI=1S/C14H21N3O2/c1-14(2,10-16)17-8-12(18)9-19-13-6-4-3-5-11(13)7-15/h3-6,12,17-18H,8-10,16H2,1-2H3. The Morgan fingerprint density at radius 2 is 2.16 bits per heavy atom. The second-order valence-corrected chi connectivity index (χ2v) is 5.04. The fourth-order valence-electron chi connectivity index (χ4n) is 1.40. The third-order valence-electron chi connectivity index (χ3n) is 2.77. The summed E-state index contributed by atoms with van der Waals surface area (Å²) in [6, 6.07) is 9.00. The Morgan fingerprint density at radius 3 is 2.79 bits per heavy atom. The third kappa shape index (κ3) is 5.26. The number of hydrogen-bond donors (Lipinski definition) is 3. The summed E-state index contributed by atoms with van der Waals surface area (Å²) in [6.07, 6.45) is -0.655. The second-order valence-electron chi connectivity index (χ2n) is 5.04. The summed E-state index contributed by atoms with van der Waals surface area (Å²) in [5.41, 5.74) is 5.83. The number of rotatable bonds is 7. The highest BCUT2D eigenvalue weighted by Gasteiger charge is 2.16. The smallest absolute Gasteiger partial charge is 0.137 e. The van der Waals surface area contributed by atoms with Crippen LogP contribution in [0.1, 0.15) is 19.4 Å². The van der Waals surface area contributed by atoms with E-state index in [1.807, 2.05) is 19.9 Å². The molecule has 0 bridgehead atoms. The lowest BCUT2D eigenvalue weighted by Gasteiger charge is -2.26. The molecular weight excluding hydrogens is 242 g/mol. The van der Waals surface area contributed by atoms with Crippen molar-refractivity contribution < 1.29 is 9.84 Å². The molecule has 19 heavy (non-hydrogen) atoms. The summed E-state index contributed by atoms with van der Waals surface area (Å²) in [5.74, 6) is 0.488. The topological polar surface area (TPSA) is 91.3 Å². The largest absolute Gasteiger partial charge is 0.489 e. The first-order valence-electron chi connectivity index (χ1n) is 6.23. The number of nitriles is 1. The number of nitrogens with one attached hydrogen (secondary N) is 1. The molecule has 1 aromatic rings. The Hall–Kier alpha value is -1.61. The van der Waals surface area contributed by atoms with Crippen molar-refractivity contribution in [3.8, 4) is 11.8 Å². The van der Waals surface area contributed by atoms with Crippen molar-refractivity contribution in [1.82, 2.24) is 5.32 Å². The number of nitrogens with zero attached hydrogens (tertiary/aromatic N) is 1. The van der Waals surface area contributed by atoms with Crippen molar-refractivity contribution in [3.63, 3.8) is 0 Å². The van der Waals surface area contributed by atoms with Crippen LogP contribution in [0.25, 0.3) is 0 Å². The lowest BCUT2D eigenvalue weighted by molar-refractivity contribution is 0.0992. The van der Waals surface area contributed by atoms with Crippen molar-refractivity contribution in [2.24, 2.45) is 5.73 Å². The first-order chi connectivity index (χ1) is 8.98. The van der Waals surface area contributed by atoms with Crippen LogP contribution in [-0.4, -0.2) is 36.4 Å². The molecule has 0 radical (unpaired) electrons. The molecule has 0 heterocycles. The zero-order valence-corrected chi connectivity index (χ0v) is 11.4. The van der Waals surface area contributed by atoms with Gasteiger partial charge in [0.1, 0.15) is 24.5 Å². The molecule has 0 fully saturated rings. The summed E-state index contributed by atoms with van der Waals surface area (Å²) in [7, 11) is 0. The molecule has 1 atom stereocenters. The number of benzene rings is 1. The monoisotopic (exact) mass is 263 g/mol. The van der Waals surface area contributed by atoms with Crippen molar-refractivity contribution in [1.29, 1.82) is 5.26 Å². The SMILES string of the molecule is CC(C)(CN)NCC(O)COc1ccccc1C#N. The van der Waals surface area contributed by atoms with Gasteiger partial charge in [-0.3, -0.25) is 0 Å². The lowest BCUT2D eigenvalue weighted by Crippen LogP contribution is -2.49. The first kappa shape index (κ1) is 15.4. The Kier molecular flexibility index (Phi) is 5.77. The number of β-amino-alcohol motifs (C(OH)–C–C–N with tert-alkyl or cyclic N) is 1. The maximum absolute atomic E-state index is 9.82. The molecule has 0 saturated carbocycles. The van der Waals surface area contributed by atoms with Gasteiger partial charge in [-0.15, -0.1) is 0 Å². The van der Waals surface area contributed by atoms with Gasteiger partial charge in [-0.1, -0.05) is 12.1 Å².